The van der Waals surface area contributed by atoms with Gasteiger partial charge < -0.3 is 10.2 Å². The van der Waals surface area contributed by atoms with Gasteiger partial charge in [-0.25, -0.2) is 0 Å². The SMILES string of the molecule is CNc1ccc(C(=O)N(C)Cc2cccnc2)c(C)c1. The van der Waals surface area contributed by atoms with Gasteiger partial charge in [-0.15, -0.1) is 0 Å². The van der Waals surface area contributed by atoms with E-state index >= 15 is 0 Å². The van der Waals surface area contributed by atoms with Crippen molar-refractivity contribution in [1.82, 2.24) is 9.88 Å². The number of benzene rings is 1. The highest BCUT2D eigenvalue weighted by Gasteiger charge is 2.14. The molecule has 0 aliphatic heterocycles. The van der Waals surface area contributed by atoms with E-state index in [1.165, 1.54) is 0 Å². The number of aryl methyl sites for hydroxylation is 1. The molecule has 0 radical (unpaired) electrons. The van der Waals surface area contributed by atoms with E-state index in [2.05, 4.69) is 10.3 Å². The minimum atomic E-state index is 0.0222. The zero-order chi connectivity index (χ0) is 14.5. The van der Waals surface area contributed by atoms with Crippen LogP contribution in [0.3, 0.4) is 0 Å². The Hall–Kier alpha value is -2.36. The maximum atomic E-state index is 12.5. The number of hydrogen-bond donors (Lipinski definition) is 1. The third-order valence-electron chi connectivity index (χ3n) is 3.23. The van der Waals surface area contributed by atoms with Crippen LogP contribution in [0.4, 0.5) is 5.69 Å². The highest BCUT2D eigenvalue weighted by molar-refractivity contribution is 5.95. The molecule has 2 aromatic rings. The van der Waals surface area contributed by atoms with E-state index < -0.39 is 0 Å². The lowest BCUT2D eigenvalue weighted by molar-refractivity contribution is 0.0784. The molecule has 0 aliphatic rings. The van der Waals surface area contributed by atoms with Crippen molar-refractivity contribution in [2.75, 3.05) is 19.4 Å². The minimum absolute atomic E-state index is 0.0222. The first-order valence-corrected chi connectivity index (χ1v) is 6.54. The maximum absolute atomic E-state index is 12.5. The monoisotopic (exact) mass is 269 g/mol. The van der Waals surface area contributed by atoms with E-state index in [1.54, 1.807) is 24.3 Å². The van der Waals surface area contributed by atoms with Gasteiger partial charge in [0.2, 0.25) is 0 Å². The quantitative estimate of drug-likeness (QED) is 0.928. The summed E-state index contributed by atoms with van der Waals surface area (Å²) in [6.07, 6.45) is 3.51. The summed E-state index contributed by atoms with van der Waals surface area (Å²) in [6, 6.07) is 9.60. The third kappa shape index (κ3) is 3.15. The number of carbonyl (C=O) groups is 1. The van der Waals surface area contributed by atoms with Crippen LogP contribution in [0.5, 0.6) is 0 Å². The van der Waals surface area contributed by atoms with E-state index in [-0.39, 0.29) is 5.91 Å². The molecule has 2 rings (SSSR count). The first kappa shape index (κ1) is 14.1. The Balaban J connectivity index is 2.14. The predicted octanol–water partition coefficient (Wildman–Crippen LogP) is 2.70. The van der Waals surface area contributed by atoms with Gasteiger partial charge in [0.15, 0.2) is 0 Å². The van der Waals surface area contributed by atoms with Gasteiger partial charge in [-0.2, -0.15) is 0 Å². The Morgan fingerprint density at radius 3 is 2.75 bits per heavy atom. The second-order valence-corrected chi connectivity index (χ2v) is 4.80. The van der Waals surface area contributed by atoms with Gasteiger partial charge >= 0.3 is 0 Å². The van der Waals surface area contributed by atoms with Crippen molar-refractivity contribution in [2.45, 2.75) is 13.5 Å². The van der Waals surface area contributed by atoms with Gasteiger partial charge in [-0.1, -0.05) is 6.07 Å². The summed E-state index contributed by atoms with van der Waals surface area (Å²) in [5.41, 5.74) is 3.73. The van der Waals surface area contributed by atoms with Gasteiger partial charge in [0.25, 0.3) is 5.91 Å². The second kappa shape index (κ2) is 6.19. The lowest BCUT2D eigenvalue weighted by Crippen LogP contribution is -2.26. The van der Waals surface area contributed by atoms with E-state index in [1.807, 2.05) is 44.3 Å². The highest BCUT2D eigenvalue weighted by Crippen LogP contribution is 2.17. The van der Waals surface area contributed by atoms with Crippen LogP contribution in [0, 0.1) is 6.92 Å². The molecule has 1 N–H and O–H groups in total. The summed E-state index contributed by atoms with van der Waals surface area (Å²) in [7, 11) is 3.67. The molecule has 0 spiro atoms. The number of amides is 1. The number of hydrogen-bond acceptors (Lipinski definition) is 3. The molecule has 1 aromatic heterocycles. The summed E-state index contributed by atoms with van der Waals surface area (Å²) in [5.74, 6) is 0.0222. The molecule has 1 amide bonds. The van der Waals surface area contributed by atoms with Gasteiger partial charge in [-0.05, 0) is 42.3 Å². The van der Waals surface area contributed by atoms with Crippen molar-refractivity contribution in [3.63, 3.8) is 0 Å². The number of rotatable bonds is 4. The number of anilines is 1. The molecule has 0 unspecified atom stereocenters. The molecular formula is C16H19N3O. The predicted molar refractivity (Wildman–Crippen MR) is 80.8 cm³/mol. The Kier molecular flexibility index (Phi) is 4.35. The van der Waals surface area contributed by atoms with Crippen molar-refractivity contribution in [3.8, 4) is 0 Å². The molecule has 1 heterocycles. The smallest absolute Gasteiger partial charge is 0.254 e. The number of carbonyl (C=O) groups excluding carboxylic acids is 1. The van der Waals surface area contributed by atoms with Crippen molar-refractivity contribution in [3.05, 3.63) is 59.4 Å². The third-order valence-corrected chi connectivity index (χ3v) is 3.23. The maximum Gasteiger partial charge on any atom is 0.254 e. The fourth-order valence-corrected chi connectivity index (χ4v) is 2.10. The summed E-state index contributed by atoms with van der Waals surface area (Å²) in [6.45, 7) is 2.51. The number of nitrogens with one attached hydrogen (secondary N) is 1. The van der Waals surface area contributed by atoms with Gasteiger partial charge in [0.1, 0.15) is 0 Å². The molecule has 0 aliphatic carbocycles. The lowest BCUT2D eigenvalue weighted by atomic mass is 10.1. The lowest BCUT2D eigenvalue weighted by Gasteiger charge is -2.18. The van der Waals surface area contributed by atoms with E-state index in [0.717, 1.165) is 22.4 Å². The fraction of sp³-hybridized carbons (Fsp3) is 0.250. The van der Waals surface area contributed by atoms with Crippen molar-refractivity contribution >= 4 is 11.6 Å². The molecule has 4 heteroatoms. The molecular weight excluding hydrogens is 250 g/mol. The van der Waals surface area contributed by atoms with Crippen LogP contribution in [-0.2, 0) is 6.54 Å². The van der Waals surface area contributed by atoms with Crippen LogP contribution >= 0.6 is 0 Å². The summed E-state index contributed by atoms with van der Waals surface area (Å²) >= 11 is 0. The van der Waals surface area contributed by atoms with Crippen molar-refractivity contribution in [1.29, 1.82) is 0 Å². The summed E-state index contributed by atoms with van der Waals surface area (Å²) < 4.78 is 0. The Bertz CT molecular complexity index is 596. The molecule has 20 heavy (non-hydrogen) atoms. The van der Waals surface area contributed by atoms with Crippen molar-refractivity contribution in [2.24, 2.45) is 0 Å². The van der Waals surface area contributed by atoms with E-state index in [4.69, 9.17) is 0 Å². The van der Waals surface area contributed by atoms with Crippen LogP contribution in [0.25, 0.3) is 0 Å². The van der Waals surface area contributed by atoms with Gasteiger partial charge in [0, 0.05) is 44.3 Å². The standard InChI is InChI=1S/C16H19N3O/c1-12-9-14(17-2)6-7-15(12)16(20)19(3)11-13-5-4-8-18-10-13/h4-10,17H,11H2,1-3H3. The summed E-state index contributed by atoms with van der Waals surface area (Å²) in [4.78, 5) is 18.2. The average molecular weight is 269 g/mol. The molecule has 104 valence electrons. The molecule has 0 saturated carbocycles. The Labute approximate surface area is 119 Å². The molecule has 0 fully saturated rings. The normalized spacial score (nSPS) is 10.2. The molecule has 1 aromatic carbocycles. The summed E-state index contributed by atoms with van der Waals surface area (Å²) in [5, 5.41) is 3.07. The Morgan fingerprint density at radius 2 is 2.15 bits per heavy atom. The van der Waals surface area contributed by atoms with Crippen LogP contribution in [-0.4, -0.2) is 29.9 Å². The first-order valence-electron chi connectivity index (χ1n) is 6.54. The zero-order valence-electron chi connectivity index (χ0n) is 12.1. The van der Waals surface area contributed by atoms with Crippen LogP contribution in [0.1, 0.15) is 21.5 Å². The molecule has 0 bridgehead atoms. The minimum Gasteiger partial charge on any atom is -0.388 e. The van der Waals surface area contributed by atoms with Crippen LogP contribution in [0.2, 0.25) is 0 Å². The van der Waals surface area contributed by atoms with Gasteiger partial charge in [-0.3, -0.25) is 9.78 Å². The molecule has 4 nitrogen and oxygen atoms in total. The largest absolute Gasteiger partial charge is 0.388 e. The number of pyridine rings is 1. The highest BCUT2D eigenvalue weighted by atomic mass is 16.2. The number of nitrogens with zero attached hydrogens (tertiary/aromatic N) is 2. The average Bonchev–Trinajstić information content (AvgIpc) is 2.47. The van der Waals surface area contributed by atoms with Gasteiger partial charge in [0.05, 0.1) is 0 Å². The topological polar surface area (TPSA) is 45.2 Å². The zero-order valence-corrected chi connectivity index (χ0v) is 12.1. The van der Waals surface area contributed by atoms with Crippen LogP contribution in [0.15, 0.2) is 42.7 Å². The molecule has 0 saturated heterocycles. The van der Waals surface area contributed by atoms with Crippen LogP contribution < -0.4 is 5.32 Å². The molecule has 0 atom stereocenters. The van der Waals surface area contributed by atoms with Crippen molar-refractivity contribution < 1.29 is 4.79 Å². The Morgan fingerprint density at radius 1 is 1.35 bits per heavy atom. The fourth-order valence-electron chi connectivity index (χ4n) is 2.10. The van der Waals surface area contributed by atoms with E-state index in [0.29, 0.717) is 6.54 Å². The second-order valence-electron chi connectivity index (χ2n) is 4.80. The van der Waals surface area contributed by atoms with E-state index in [9.17, 15) is 4.79 Å². The number of aromatic nitrogens is 1. The first-order chi connectivity index (χ1) is 9.61.